The summed E-state index contributed by atoms with van der Waals surface area (Å²) in [4.78, 5) is 11.3. The maximum Gasteiger partial charge on any atom is 0.261 e. The average molecular weight is 294 g/mol. The molecule has 0 fully saturated rings. The maximum absolute atomic E-state index is 13.4. The second kappa shape index (κ2) is 6.15. The molecule has 0 aromatic heterocycles. The highest BCUT2D eigenvalue weighted by atomic mass is 35.7. The third-order valence-corrected chi connectivity index (χ3v) is 3.63. The van der Waals surface area contributed by atoms with Gasteiger partial charge in [-0.05, 0) is 24.6 Å². The van der Waals surface area contributed by atoms with Gasteiger partial charge in [-0.25, -0.2) is 12.8 Å². The van der Waals surface area contributed by atoms with E-state index in [9.17, 15) is 17.6 Å². The molecule has 0 aliphatic carbocycles. The van der Waals surface area contributed by atoms with Crippen LogP contribution in [-0.4, -0.2) is 20.9 Å². The van der Waals surface area contributed by atoms with E-state index in [-0.39, 0.29) is 10.5 Å². The zero-order chi connectivity index (χ0) is 13.8. The first kappa shape index (κ1) is 14.9. The number of unbranched alkanes of at least 4 members (excludes halogenated alkanes) is 1. The molecule has 0 aliphatic heterocycles. The number of halogens is 2. The number of carbonyl (C=O) groups excluding carboxylic acids is 1. The first-order valence-electron chi connectivity index (χ1n) is 5.38. The summed E-state index contributed by atoms with van der Waals surface area (Å²) in [6, 6.07) is 2.85. The molecule has 1 N–H and O–H groups in total. The van der Waals surface area contributed by atoms with Crippen LogP contribution in [0.25, 0.3) is 0 Å². The zero-order valence-corrected chi connectivity index (χ0v) is 11.3. The van der Waals surface area contributed by atoms with Gasteiger partial charge in [-0.2, -0.15) is 0 Å². The van der Waals surface area contributed by atoms with E-state index in [1.165, 1.54) is 0 Å². The van der Waals surface area contributed by atoms with E-state index in [0.717, 1.165) is 31.0 Å². The minimum Gasteiger partial charge on any atom is -0.352 e. The predicted molar refractivity (Wildman–Crippen MR) is 66.7 cm³/mol. The van der Waals surface area contributed by atoms with Crippen molar-refractivity contribution in [3.63, 3.8) is 0 Å². The molecule has 1 aromatic carbocycles. The van der Waals surface area contributed by atoms with E-state index in [4.69, 9.17) is 10.7 Å². The van der Waals surface area contributed by atoms with Gasteiger partial charge in [0, 0.05) is 17.2 Å². The summed E-state index contributed by atoms with van der Waals surface area (Å²) in [5, 5.41) is 2.50. The van der Waals surface area contributed by atoms with Crippen LogP contribution in [0.5, 0.6) is 0 Å². The Kier molecular flexibility index (Phi) is 5.10. The average Bonchev–Trinajstić information content (AvgIpc) is 2.28. The highest BCUT2D eigenvalue weighted by Crippen LogP contribution is 2.18. The molecule has 4 nitrogen and oxygen atoms in total. The van der Waals surface area contributed by atoms with Crippen molar-refractivity contribution in [2.45, 2.75) is 24.7 Å². The van der Waals surface area contributed by atoms with Crippen LogP contribution in [0.15, 0.2) is 23.1 Å². The number of benzene rings is 1. The summed E-state index contributed by atoms with van der Waals surface area (Å²) < 4.78 is 35.6. The van der Waals surface area contributed by atoms with E-state index in [2.05, 4.69) is 5.32 Å². The van der Waals surface area contributed by atoms with Gasteiger partial charge in [0.2, 0.25) is 0 Å². The van der Waals surface area contributed by atoms with Gasteiger partial charge < -0.3 is 5.32 Å². The molecular weight excluding hydrogens is 281 g/mol. The largest absolute Gasteiger partial charge is 0.352 e. The predicted octanol–water partition coefficient (Wildman–Crippen LogP) is 2.28. The second-order valence-corrected chi connectivity index (χ2v) is 6.25. The van der Waals surface area contributed by atoms with Crippen molar-refractivity contribution < 1.29 is 17.6 Å². The lowest BCUT2D eigenvalue weighted by Crippen LogP contribution is -2.25. The molecule has 1 amide bonds. The van der Waals surface area contributed by atoms with Crippen molar-refractivity contribution in [2.24, 2.45) is 0 Å². The number of carbonyl (C=O) groups is 1. The first-order valence-corrected chi connectivity index (χ1v) is 7.69. The van der Waals surface area contributed by atoms with Crippen LogP contribution in [0.1, 0.15) is 30.1 Å². The molecule has 1 aromatic rings. The second-order valence-electron chi connectivity index (χ2n) is 3.69. The van der Waals surface area contributed by atoms with Gasteiger partial charge in [0.25, 0.3) is 15.0 Å². The molecule has 0 aliphatic rings. The van der Waals surface area contributed by atoms with Crippen molar-refractivity contribution in [3.05, 3.63) is 29.6 Å². The van der Waals surface area contributed by atoms with Crippen LogP contribution in [-0.2, 0) is 9.05 Å². The molecule has 0 bridgehead atoms. The van der Waals surface area contributed by atoms with Crippen molar-refractivity contribution in [1.29, 1.82) is 0 Å². The van der Waals surface area contributed by atoms with Gasteiger partial charge in [-0.1, -0.05) is 13.3 Å². The summed E-state index contributed by atoms with van der Waals surface area (Å²) in [7, 11) is 1.16. The molecule has 0 saturated carbocycles. The third kappa shape index (κ3) is 3.96. The van der Waals surface area contributed by atoms with Crippen molar-refractivity contribution in [2.75, 3.05) is 6.54 Å². The first-order chi connectivity index (χ1) is 8.36. The zero-order valence-electron chi connectivity index (χ0n) is 9.74. The Morgan fingerprint density at radius 1 is 1.44 bits per heavy atom. The fourth-order valence-corrected chi connectivity index (χ4v) is 2.08. The number of amides is 1. The molecule has 100 valence electrons. The van der Waals surface area contributed by atoms with Crippen LogP contribution in [0.4, 0.5) is 4.39 Å². The Morgan fingerprint density at radius 2 is 2.11 bits per heavy atom. The standard InChI is InChI=1S/C11H13ClFNO3S/c1-2-3-6-14-11(15)9-7-8(18(12,16)17)4-5-10(9)13/h4-5,7H,2-3,6H2,1H3,(H,14,15). The van der Waals surface area contributed by atoms with Crippen molar-refractivity contribution in [1.82, 2.24) is 5.32 Å². The molecule has 0 radical (unpaired) electrons. The highest BCUT2D eigenvalue weighted by molar-refractivity contribution is 8.13. The molecule has 7 heteroatoms. The van der Waals surface area contributed by atoms with Crippen molar-refractivity contribution in [3.8, 4) is 0 Å². The minimum absolute atomic E-state index is 0.300. The summed E-state index contributed by atoms with van der Waals surface area (Å²) >= 11 is 0. The third-order valence-electron chi connectivity index (χ3n) is 2.28. The molecule has 0 spiro atoms. The van der Waals surface area contributed by atoms with Crippen LogP contribution in [0, 0.1) is 5.82 Å². The molecular formula is C11H13ClFNO3S. The topological polar surface area (TPSA) is 63.2 Å². The number of hydrogen-bond donors (Lipinski definition) is 1. The van der Waals surface area contributed by atoms with Gasteiger partial charge >= 0.3 is 0 Å². The van der Waals surface area contributed by atoms with Gasteiger partial charge in [-0.15, -0.1) is 0 Å². The van der Waals surface area contributed by atoms with Gasteiger partial charge in [-0.3, -0.25) is 4.79 Å². The van der Waals surface area contributed by atoms with E-state index >= 15 is 0 Å². The number of nitrogens with one attached hydrogen (secondary N) is 1. The quantitative estimate of drug-likeness (QED) is 0.669. The Hall–Kier alpha value is -1.14. The monoisotopic (exact) mass is 293 g/mol. The van der Waals surface area contributed by atoms with Gasteiger partial charge in [0.15, 0.2) is 0 Å². The fourth-order valence-electron chi connectivity index (χ4n) is 1.30. The summed E-state index contributed by atoms with van der Waals surface area (Å²) in [5.41, 5.74) is -0.326. The Bertz CT molecular complexity index is 545. The summed E-state index contributed by atoms with van der Waals surface area (Å²) in [5.74, 6) is -1.43. The molecule has 0 atom stereocenters. The van der Waals surface area contributed by atoms with Crippen LogP contribution in [0.3, 0.4) is 0 Å². The van der Waals surface area contributed by atoms with Crippen LogP contribution in [0.2, 0.25) is 0 Å². The highest BCUT2D eigenvalue weighted by Gasteiger charge is 2.17. The van der Waals surface area contributed by atoms with E-state index in [1.54, 1.807) is 0 Å². The smallest absolute Gasteiger partial charge is 0.261 e. The molecule has 1 rings (SSSR count). The lowest BCUT2D eigenvalue weighted by molar-refractivity contribution is 0.0949. The summed E-state index contributed by atoms with van der Waals surface area (Å²) in [6.45, 7) is 2.36. The number of rotatable bonds is 5. The SMILES string of the molecule is CCCCNC(=O)c1cc(S(=O)(=O)Cl)ccc1F. The fraction of sp³-hybridized carbons (Fsp3) is 0.364. The van der Waals surface area contributed by atoms with Crippen molar-refractivity contribution >= 4 is 25.6 Å². The molecule has 18 heavy (non-hydrogen) atoms. The van der Waals surface area contributed by atoms with Gasteiger partial charge in [0.1, 0.15) is 5.82 Å². The van der Waals surface area contributed by atoms with Crippen LogP contribution < -0.4 is 5.32 Å². The van der Waals surface area contributed by atoms with E-state index in [1.807, 2.05) is 6.92 Å². The molecule has 0 heterocycles. The Balaban J connectivity index is 2.97. The van der Waals surface area contributed by atoms with E-state index < -0.39 is 20.8 Å². The Morgan fingerprint density at radius 3 is 2.67 bits per heavy atom. The lowest BCUT2D eigenvalue weighted by Gasteiger charge is -2.06. The minimum atomic E-state index is -3.98. The normalized spacial score (nSPS) is 11.3. The maximum atomic E-state index is 13.4. The number of hydrogen-bond acceptors (Lipinski definition) is 3. The van der Waals surface area contributed by atoms with Crippen LogP contribution >= 0.6 is 10.7 Å². The van der Waals surface area contributed by atoms with Gasteiger partial charge in [0.05, 0.1) is 10.5 Å². The van der Waals surface area contributed by atoms with E-state index in [0.29, 0.717) is 6.54 Å². The molecule has 0 saturated heterocycles. The summed E-state index contributed by atoms with van der Waals surface area (Å²) in [6.07, 6.45) is 1.65. The lowest BCUT2D eigenvalue weighted by atomic mass is 10.2. The molecule has 0 unspecified atom stereocenters. The Labute approximate surface area is 110 Å².